The highest BCUT2D eigenvalue weighted by molar-refractivity contribution is 7.09. The number of carbonyl (C=O) groups excluding carboxylic acids is 1. The summed E-state index contributed by atoms with van der Waals surface area (Å²) in [6.45, 7) is 6.77. The second-order valence-electron chi connectivity index (χ2n) is 5.27. The second-order valence-corrected chi connectivity index (χ2v) is 6.22. The number of thiazole rings is 1. The monoisotopic (exact) mass is 349 g/mol. The molecular formula is C17H23N3O3S. The number of amides is 2. The van der Waals surface area contributed by atoms with Crippen LogP contribution in [0.5, 0.6) is 11.5 Å². The Hall–Kier alpha value is -2.28. The van der Waals surface area contributed by atoms with Gasteiger partial charge in [0.05, 0.1) is 26.3 Å². The van der Waals surface area contributed by atoms with Crippen LogP contribution in [0.1, 0.15) is 36.2 Å². The standard InChI is InChI=1S/C17H23N3O3S/c1-5-23-14-7-6-13(8-15(14)22-4)12(3)20-17(21)18-9-16-19-11(2)10-24-16/h6-8,10,12H,5,9H2,1-4H3,(H2,18,20,21). The van der Waals surface area contributed by atoms with E-state index in [1.54, 1.807) is 7.11 Å². The number of nitrogens with one attached hydrogen (secondary N) is 2. The van der Waals surface area contributed by atoms with Gasteiger partial charge in [0.1, 0.15) is 5.01 Å². The van der Waals surface area contributed by atoms with Crippen molar-refractivity contribution in [3.63, 3.8) is 0 Å². The van der Waals surface area contributed by atoms with Gasteiger partial charge in [0.2, 0.25) is 0 Å². The number of aryl methyl sites for hydroxylation is 1. The van der Waals surface area contributed by atoms with Gasteiger partial charge in [-0.25, -0.2) is 9.78 Å². The van der Waals surface area contributed by atoms with Crippen molar-refractivity contribution in [1.29, 1.82) is 0 Å². The Morgan fingerprint density at radius 2 is 2.17 bits per heavy atom. The maximum absolute atomic E-state index is 12.0. The fourth-order valence-corrected chi connectivity index (χ4v) is 2.91. The van der Waals surface area contributed by atoms with E-state index < -0.39 is 0 Å². The smallest absolute Gasteiger partial charge is 0.315 e. The molecule has 2 N–H and O–H groups in total. The van der Waals surface area contributed by atoms with E-state index in [4.69, 9.17) is 9.47 Å². The largest absolute Gasteiger partial charge is 0.493 e. The van der Waals surface area contributed by atoms with Crippen molar-refractivity contribution >= 4 is 17.4 Å². The van der Waals surface area contributed by atoms with E-state index >= 15 is 0 Å². The first-order valence-electron chi connectivity index (χ1n) is 7.79. The van der Waals surface area contributed by atoms with Gasteiger partial charge < -0.3 is 20.1 Å². The minimum Gasteiger partial charge on any atom is -0.493 e. The molecule has 0 radical (unpaired) electrons. The van der Waals surface area contributed by atoms with Gasteiger partial charge in [0.25, 0.3) is 0 Å². The molecule has 0 saturated carbocycles. The Balaban J connectivity index is 1.93. The predicted octanol–water partition coefficient (Wildman–Crippen LogP) is 3.42. The summed E-state index contributed by atoms with van der Waals surface area (Å²) in [4.78, 5) is 16.3. The van der Waals surface area contributed by atoms with Gasteiger partial charge in [-0.05, 0) is 38.5 Å². The van der Waals surface area contributed by atoms with E-state index in [1.807, 2.05) is 44.4 Å². The van der Waals surface area contributed by atoms with E-state index in [1.165, 1.54) is 11.3 Å². The van der Waals surface area contributed by atoms with Gasteiger partial charge in [-0.1, -0.05) is 6.07 Å². The first kappa shape index (κ1) is 18.1. The number of aromatic nitrogens is 1. The SMILES string of the molecule is CCOc1ccc(C(C)NC(=O)NCc2nc(C)cs2)cc1OC. The number of ether oxygens (including phenoxy) is 2. The molecule has 24 heavy (non-hydrogen) atoms. The van der Waals surface area contributed by atoms with E-state index in [0.29, 0.717) is 24.7 Å². The lowest BCUT2D eigenvalue weighted by Crippen LogP contribution is -2.36. The first-order valence-corrected chi connectivity index (χ1v) is 8.67. The van der Waals surface area contributed by atoms with Gasteiger partial charge in [0.15, 0.2) is 11.5 Å². The van der Waals surface area contributed by atoms with Crippen LogP contribution in [0.4, 0.5) is 4.79 Å². The van der Waals surface area contributed by atoms with Crippen LogP contribution in [0.25, 0.3) is 0 Å². The predicted molar refractivity (Wildman–Crippen MR) is 94.8 cm³/mol. The van der Waals surface area contributed by atoms with Crippen LogP contribution in [-0.2, 0) is 6.54 Å². The van der Waals surface area contributed by atoms with E-state index in [9.17, 15) is 4.79 Å². The number of benzene rings is 1. The molecule has 1 aromatic heterocycles. The molecule has 6 nitrogen and oxygen atoms in total. The zero-order valence-electron chi connectivity index (χ0n) is 14.4. The zero-order chi connectivity index (χ0) is 17.5. The number of rotatable bonds is 7. The normalized spacial score (nSPS) is 11.7. The molecule has 1 heterocycles. The third-order valence-corrected chi connectivity index (χ3v) is 4.37. The molecule has 0 fully saturated rings. The summed E-state index contributed by atoms with van der Waals surface area (Å²) >= 11 is 1.53. The van der Waals surface area contributed by atoms with Crippen molar-refractivity contribution in [3.05, 3.63) is 39.8 Å². The highest BCUT2D eigenvalue weighted by Gasteiger charge is 2.13. The summed E-state index contributed by atoms with van der Waals surface area (Å²) in [5.41, 5.74) is 1.91. The third-order valence-electron chi connectivity index (χ3n) is 3.40. The number of methoxy groups -OCH3 is 1. The van der Waals surface area contributed by atoms with Crippen molar-refractivity contribution in [1.82, 2.24) is 15.6 Å². The van der Waals surface area contributed by atoms with Crippen molar-refractivity contribution in [2.24, 2.45) is 0 Å². The lowest BCUT2D eigenvalue weighted by molar-refractivity contribution is 0.237. The van der Waals surface area contributed by atoms with Crippen LogP contribution >= 0.6 is 11.3 Å². The van der Waals surface area contributed by atoms with Crippen LogP contribution in [0, 0.1) is 6.92 Å². The second kappa shape index (κ2) is 8.54. The summed E-state index contributed by atoms with van der Waals surface area (Å²) in [5, 5.41) is 8.57. The molecule has 0 bridgehead atoms. The van der Waals surface area contributed by atoms with Gasteiger partial charge in [-0.3, -0.25) is 0 Å². The van der Waals surface area contributed by atoms with Crippen LogP contribution in [0.2, 0.25) is 0 Å². The van der Waals surface area contributed by atoms with Crippen LogP contribution in [0.15, 0.2) is 23.6 Å². The molecule has 7 heteroatoms. The molecule has 1 unspecified atom stereocenters. The Labute approximate surface area is 146 Å². The summed E-state index contributed by atoms with van der Waals surface area (Å²) < 4.78 is 10.8. The summed E-state index contributed by atoms with van der Waals surface area (Å²) in [6.07, 6.45) is 0. The average Bonchev–Trinajstić information content (AvgIpc) is 2.99. The number of urea groups is 1. The third kappa shape index (κ3) is 4.86. The number of hydrogen-bond acceptors (Lipinski definition) is 5. The van der Waals surface area contributed by atoms with Crippen molar-refractivity contribution in [2.45, 2.75) is 33.4 Å². The van der Waals surface area contributed by atoms with Crippen LogP contribution in [0.3, 0.4) is 0 Å². The van der Waals surface area contributed by atoms with E-state index in [0.717, 1.165) is 16.3 Å². The Morgan fingerprint density at radius 3 is 2.79 bits per heavy atom. The summed E-state index contributed by atoms with van der Waals surface area (Å²) in [6, 6.07) is 5.25. The molecule has 2 aromatic rings. The number of nitrogens with zero attached hydrogens (tertiary/aromatic N) is 1. The Bertz CT molecular complexity index is 687. The lowest BCUT2D eigenvalue weighted by atomic mass is 10.1. The molecule has 0 spiro atoms. The minimum atomic E-state index is -0.233. The fraction of sp³-hybridized carbons (Fsp3) is 0.412. The topological polar surface area (TPSA) is 72.5 Å². The van der Waals surface area contributed by atoms with Crippen molar-refractivity contribution in [2.75, 3.05) is 13.7 Å². The zero-order valence-corrected chi connectivity index (χ0v) is 15.2. The minimum absolute atomic E-state index is 0.160. The Kier molecular flexibility index (Phi) is 6.43. The van der Waals surface area contributed by atoms with Crippen molar-refractivity contribution in [3.8, 4) is 11.5 Å². The molecule has 0 aliphatic rings. The first-order chi connectivity index (χ1) is 11.5. The lowest BCUT2D eigenvalue weighted by Gasteiger charge is -2.17. The average molecular weight is 349 g/mol. The summed E-state index contributed by atoms with van der Waals surface area (Å²) in [5.74, 6) is 1.35. The molecule has 1 aromatic carbocycles. The van der Waals surface area contributed by atoms with E-state index in [-0.39, 0.29) is 12.1 Å². The number of hydrogen-bond donors (Lipinski definition) is 2. The molecule has 1 atom stereocenters. The maximum Gasteiger partial charge on any atom is 0.315 e. The quantitative estimate of drug-likeness (QED) is 0.803. The molecule has 0 aliphatic heterocycles. The molecule has 0 aliphatic carbocycles. The Morgan fingerprint density at radius 1 is 1.38 bits per heavy atom. The van der Waals surface area contributed by atoms with Crippen LogP contribution < -0.4 is 20.1 Å². The highest BCUT2D eigenvalue weighted by atomic mass is 32.1. The maximum atomic E-state index is 12.0. The summed E-state index contributed by atoms with van der Waals surface area (Å²) in [7, 11) is 1.60. The molecular weight excluding hydrogens is 326 g/mol. The highest BCUT2D eigenvalue weighted by Crippen LogP contribution is 2.30. The van der Waals surface area contributed by atoms with E-state index in [2.05, 4.69) is 15.6 Å². The van der Waals surface area contributed by atoms with Gasteiger partial charge in [-0.2, -0.15) is 0 Å². The van der Waals surface area contributed by atoms with Crippen LogP contribution in [-0.4, -0.2) is 24.7 Å². The molecule has 0 saturated heterocycles. The van der Waals surface area contributed by atoms with Gasteiger partial charge >= 0.3 is 6.03 Å². The van der Waals surface area contributed by atoms with Gasteiger partial charge in [0, 0.05) is 11.1 Å². The molecule has 130 valence electrons. The molecule has 2 amide bonds. The molecule has 2 rings (SSSR count). The van der Waals surface area contributed by atoms with Crippen molar-refractivity contribution < 1.29 is 14.3 Å². The van der Waals surface area contributed by atoms with Gasteiger partial charge in [-0.15, -0.1) is 11.3 Å². The fourth-order valence-electron chi connectivity index (χ4n) is 2.20. The number of carbonyl (C=O) groups is 1.